The Bertz CT molecular complexity index is 924. The van der Waals surface area contributed by atoms with Crippen molar-refractivity contribution in [2.24, 2.45) is 0 Å². The summed E-state index contributed by atoms with van der Waals surface area (Å²) >= 11 is 0. The summed E-state index contributed by atoms with van der Waals surface area (Å²) in [4.78, 5) is 12.4. The van der Waals surface area contributed by atoms with E-state index in [1.807, 2.05) is 30.3 Å². The Morgan fingerprint density at radius 2 is 2.11 bits per heavy atom. The summed E-state index contributed by atoms with van der Waals surface area (Å²) < 4.78 is 24.3. The van der Waals surface area contributed by atoms with Crippen molar-refractivity contribution in [3.05, 3.63) is 47.8 Å². The summed E-state index contributed by atoms with van der Waals surface area (Å²) in [6.07, 6.45) is 5.50. The fraction of sp³-hybridized carbons (Fsp3) is 0.400. The van der Waals surface area contributed by atoms with Gasteiger partial charge in [-0.05, 0) is 37.5 Å². The summed E-state index contributed by atoms with van der Waals surface area (Å²) in [5, 5.41) is 0.329. The maximum atomic E-state index is 13.4. The smallest absolute Gasteiger partial charge is 0.198 e. The van der Waals surface area contributed by atoms with Gasteiger partial charge in [0.25, 0.3) is 0 Å². The number of methoxy groups -OCH3 is 1. The van der Waals surface area contributed by atoms with Crippen molar-refractivity contribution in [1.82, 2.24) is 15.0 Å². The van der Waals surface area contributed by atoms with E-state index in [1.165, 1.54) is 0 Å². The normalized spacial score (nSPS) is 18.0. The standard InChI is InChI=1S/C20H23N3O3S/c1-25-12-13-26-17-10-11-21-19-14(17)6-2-5-9-18(19)27(24)20-22-15-7-3-4-8-16(15)23-20/h3-4,7-8,10-11,18H,2,5-6,9,12-13H2,1H3,(H,22,23)/t18-,27-/m0/s1. The zero-order valence-electron chi connectivity index (χ0n) is 15.3. The zero-order chi connectivity index (χ0) is 18.6. The molecule has 1 N–H and O–H groups in total. The number of imidazole rings is 1. The van der Waals surface area contributed by atoms with Crippen molar-refractivity contribution in [2.45, 2.75) is 36.1 Å². The molecule has 3 aromatic rings. The Balaban J connectivity index is 1.67. The second-order valence-corrected chi connectivity index (χ2v) is 8.16. The molecule has 2 atom stereocenters. The van der Waals surface area contributed by atoms with Crippen molar-refractivity contribution in [1.29, 1.82) is 0 Å². The van der Waals surface area contributed by atoms with Crippen molar-refractivity contribution in [3.8, 4) is 5.75 Å². The van der Waals surface area contributed by atoms with Crippen molar-refractivity contribution < 1.29 is 13.7 Å². The molecule has 0 bridgehead atoms. The first-order valence-corrected chi connectivity index (χ1v) is 10.4. The van der Waals surface area contributed by atoms with E-state index in [4.69, 9.17) is 9.47 Å². The van der Waals surface area contributed by atoms with Crippen LogP contribution in [0.5, 0.6) is 5.75 Å². The molecule has 0 radical (unpaired) electrons. The molecule has 2 aromatic heterocycles. The third kappa shape index (κ3) is 3.75. The monoisotopic (exact) mass is 385 g/mol. The lowest BCUT2D eigenvalue weighted by atomic mass is 10.1. The SMILES string of the molecule is COCCOc1ccnc2c1CCCC[C@@H]2[S@](=O)c1nc2ccccc2[nH]1. The van der Waals surface area contributed by atoms with Crippen LogP contribution >= 0.6 is 0 Å². The number of aromatic amines is 1. The summed E-state index contributed by atoms with van der Waals surface area (Å²) in [6, 6.07) is 9.64. The van der Waals surface area contributed by atoms with Gasteiger partial charge in [-0.3, -0.25) is 9.19 Å². The number of ether oxygens (including phenoxy) is 2. The molecule has 0 amide bonds. The van der Waals surface area contributed by atoms with Gasteiger partial charge in [0, 0.05) is 18.9 Å². The number of hydrogen-bond acceptors (Lipinski definition) is 5. The van der Waals surface area contributed by atoms with E-state index in [0.29, 0.717) is 18.4 Å². The van der Waals surface area contributed by atoms with Crippen LogP contribution in [0.2, 0.25) is 0 Å². The van der Waals surface area contributed by atoms with Crippen molar-refractivity contribution >= 4 is 21.8 Å². The summed E-state index contributed by atoms with van der Waals surface area (Å²) in [5.41, 5.74) is 3.68. The highest BCUT2D eigenvalue weighted by molar-refractivity contribution is 7.85. The molecule has 0 unspecified atom stereocenters. The van der Waals surface area contributed by atoms with E-state index in [0.717, 1.165) is 53.7 Å². The van der Waals surface area contributed by atoms with Gasteiger partial charge in [-0.2, -0.15) is 0 Å². The minimum absolute atomic E-state index is 0.186. The molecule has 0 saturated heterocycles. The Hall–Kier alpha value is -2.25. The third-order valence-corrected chi connectivity index (χ3v) is 6.41. The highest BCUT2D eigenvalue weighted by Crippen LogP contribution is 2.37. The maximum absolute atomic E-state index is 13.4. The van der Waals surface area contributed by atoms with E-state index in [-0.39, 0.29) is 5.25 Å². The molecular weight excluding hydrogens is 362 g/mol. The fourth-order valence-electron chi connectivity index (χ4n) is 3.52. The quantitative estimate of drug-likeness (QED) is 0.519. The van der Waals surface area contributed by atoms with Crippen LogP contribution in [0.3, 0.4) is 0 Å². The lowest BCUT2D eigenvalue weighted by molar-refractivity contribution is 0.145. The van der Waals surface area contributed by atoms with E-state index in [2.05, 4.69) is 15.0 Å². The molecule has 2 heterocycles. The number of nitrogens with one attached hydrogen (secondary N) is 1. The summed E-state index contributed by atoms with van der Waals surface area (Å²) in [5.74, 6) is 0.825. The van der Waals surface area contributed by atoms with Gasteiger partial charge in [-0.25, -0.2) is 4.98 Å². The molecule has 0 saturated carbocycles. The van der Waals surface area contributed by atoms with Crippen LogP contribution < -0.4 is 4.74 Å². The molecule has 0 fully saturated rings. The molecule has 7 heteroatoms. The van der Waals surface area contributed by atoms with Gasteiger partial charge >= 0.3 is 0 Å². The van der Waals surface area contributed by atoms with Crippen LogP contribution in [0.4, 0.5) is 0 Å². The minimum atomic E-state index is -1.30. The first-order valence-electron chi connectivity index (χ1n) is 9.23. The van der Waals surface area contributed by atoms with Crippen LogP contribution in [-0.2, 0) is 22.0 Å². The number of para-hydroxylation sites is 2. The molecule has 4 rings (SSSR count). The van der Waals surface area contributed by atoms with Gasteiger partial charge < -0.3 is 14.5 Å². The van der Waals surface area contributed by atoms with Gasteiger partial charge in [0.15, 0.2) is 5.16 Å². The number of hydrogen-bond donors (Lipinski definition) is 1. The average molecular weight is 385 g/mol. The second kappa shape index (κ2) is 8.19. The fourth-order valence-corrected chi connectivity index (χ4v) is 4.98. The first kappa shape index (κ1) is 18.1. The predicted molar refractivity (Wildman–Crippen MR) is 104 cm³/mol. The van der Waals surface area contributed by atoms with Crippen LogP contribution in [-0.4, -0.2) is 39.5 Å². The van der Waals surface area contributed by atoms with Crippen LogP contribution in [0.1, 0.15) is 35.8 Å². The van der Waals surface area contributed by atoms with Crippen LogP contribution in [0, 0.1) is 0 Å². The van der Waals surface area contributed by atoms with Gasteiger partial charge in [-0.15, -0.1) is 0 Å². The van der Waals surface area contributed by atoms with Gasteiger partial charge in [-0.1, -0.05) is 18.6 Å². The van der Waals surface area contributed by atoms with Gasteiger partial charge in [0.05, 0.1) is 39.4 Å². The Labute approximate surface area is 160 Å². The lowest BCUT2D eigenvalue weighted by Gasteiger charge is -2.17. The van der Waals surface area contributed by atoms with Crippen molar-refractivity contribution in [2.75, 3.05) is 20.3 Å². The molecule has 1 aromatic carbocycles. The van der Waals surface area contributed by atoms with Crippen molar-refractivity contribution in [3.63, 3.8) is 0 Å². The van der Waals surface area contributed by atoms with E-state index in [9.17, 15) is 4.21 Å². The number of pyridine rings is 1. The topological polar surface area (TPSA) is 77.1 Å². The Kier molecular flexibility index (Phi) is 5.50. The number of rotatable bonds is 6. The largest absolute Gasteiger partial charge is 0.491 e. The van der Waals surface area contributed by atoms with Gasteiger partial charge in [0.2, 0.25) is 0 Å². The zero-order valence-corrected chi connectivity index (χ0v) is 16.1. The highest BCUT2D eigenvalue weighted by atomic mass is 32.2. The summed E-state index contributed by atoms with van der Waals surface area (Å²) in [6.45, 7) is 1.02. The van der Waals surface area contributed by atoms with Gasteiger partial charge in [0.1, 0.15) is 12.4 Å². The molecule has 27 heavy (non-hydrogen) atoms. The number of H-pyrrole nitrogens is 1. The predicted octanol–water partition coefficient (Wildman–Crippen LogP) is 3.56. The maximum Gasteiger partial charge on any atom is 0.198 e. The third-order valence-electron chi connectivity index (χ3n) is 4.86. The molecule has 6 nitrogen and oxygen atoms in total. The molecule has 1 aliphatic carbocycles. The van der Waals surface area contributed by atoms with Crippen LogP contribution in [0.15, 0.2) is 41.7 Å². The van der Waals surface area contributed by atoms with E-state index < -0.39 is 10.8 Å². The van der Waals surface area contributed by atoms with E-state index >= 15 is 0 Å². The Morgan fingerprint density at radius 1 is 1.22 bits per heavy atom. The molecule has 142 valence electrons. The second-order valence-electron chi connectivity index (χ2n) is 6.61. The molecule has 0 spiro atoms. The number of fused-ring (bicyclic) bond motifs is 2. The molecular formula is C20H23N3O3S. The lowest BCUT2D eigenvalue weighted by Crippen LogP contribution is -2.13. The summed E-state index contributed by atoms with van der Waals surface area (Å²) in [7, 11) is 0.356. The number of benzene rings is 1. The van der Waals surface area contributed by atoms with E-state index in [1.54, 1.807) is 13.3 Å². The van der Waals surface area contributed by atoms with Crippen LogP contribution in [0.25, 0.3) is 11.0 Å². The number of nitrogens with zero attached hydrogens (tertiary/aromatic N) is 2. The minimum Gasteiger partial charge on any atom is -0.491 e. The average Bonchev–Trinajstić information content (AvgIpc) is 3.01. The Morgan fingerprint density at radius 3 is 2.96 bits per heavy atom. The highest BCUT2D eigenvalue weighted by Gasteiger charge is 2.30. The number of aromatic nitrogens is 3. The first-order chi connectivity index (χ1) is 13.3. The molecule has 0 aliphatic heterocycles. The molecule has 1 aliphatic rings.